The van der Waals surface area contributed by atoms with Crippen LogP contribution in [0.1, 0.15) is 342 Å². The fourth-order valence-corrected chi connectivity index (χ4v) is 9.46. The number of allylic oxidation sites excluding steroid dienone is 6. The highest BCUT2D eigenvalue weighted by Gasteiger charge is 2.19. The number of carbonyl (C=O) groups is 3. The zero-order valence-electron chi connectivity index (χ0n) is 47.8. The third-order valence-electron chi connectivity index (χ3n) is 14.2. The van der Waals surface area contributed by atoms with Crippen molar-refractivity contribution in [2.24, 2.45) is 0 Å². The van der Waals surface area contributed by atoms with Crippen molar-refractivity contribution in [1.29, 1.82) is 0 Å². The maximum absolute atomic E-state index is 12.9. The van der Waals surface area contributed by atoms with E-state index in [1.54, 1.807) is 0 Å². The number of rotatable bonds is 58. The van der Waals surface area contributed by atoms with Gasteiger partial charge in [-0.05, 0) is 51.4 Å². The highest BCUT2D eigenvalue weighted by molar-refractivity contribution is 5.71. The normalized spacial score (nSPS) is 12.2. The molecule has 0 aromatic heterocycles. The van der Waals surface area contributed by atoms with Gasteiger partial charge in [0.1, 0.15) is 13.2 Å². The number of hydrogen-bond donors (Lipinski definition) is 0. The quantitative estimate of drug-likeness (QED) is 0.0261. The van der Waals surface area contributed by atoms with Crippen LogP contribution in [0.4, 0.5) is 0 Å². The minimum absolute atomic E-state index is 0.0713. The van der Waals surface area contributed by atoms with Crippen molar-refractivity contribution in [3.05, 3.63) is 36.5 Å². The number of unbranched alkanes of at least 4 members (excludes halogenated alkanes) is 41. The summed E-state index contributed by atoms with van der Waals surface area (Å²) in [5.41, 5.74) is 0. The molecule has 0 saturated heterocycles. The summed E-state index contributed by atoms with van der Waals surface area (Å²) in [4.78, 5) is 38.2. The summed E-state index contributed by atoms with van der Waals surface area (Å²) in [7, 11) is 0. The Morgan fingerprint density at radius 1 is 0.296 bits per heavy atom. The smallest absolute Gasteiger partial charge is 0.306 e. The molecule has 1 atom stereocenters. The van der Waals surface area contributed by atoms with Crippen LogP contribution in [0.25, 0.3) is 0 Å². The van der Waals surface area contributed by atoms with E-state index in [1.165, 1.54) is 218 Å². The summed E-state index contributed by atoms with van der Waals surface area (Å²) in [6, 6.07) is 0. The molecule has 0 N–H and O–H groups in total. The SMILES string of the molecule is CC/C=C\C/C=C\C/C=C\CCCCCCCCCC(=O)OC(COC(=O)CCCCCCCCCCCC)COC(=O)CCCCCCCCCCCCCCCCCCCCCCCCCCCC. The van der Waals surface area contributed by atoms with Gasteiger partial charge in [-0.25, -0.2) is 0 Å². The highest BCUT2D eigenvalue weighted by Crippen LogP contribution is 2.18. The monoisotopic (exact) mass is 997 g/mol. The molecular weight excluding hydrogens is 877 g/mol. The zero-order valence-corrected chi connectivity index (χ0v) is 47.8. The predicted octanol–water partition coefficient (Wildman–Crippen LogP) is 21.2. The molecule has 0 aliphatic carbocycles. The van der Waals surface area contributed by atoms with Gasteiger partial charge in [-0.3, -0.25) is 14.4 Å². The molecule has 0 aromatic carbocycles. The summed E-state index contributed by atoms with van der Waals surface area (Å²) in [6.07, 6.45) is 73.1. The summed E-state index contributed by atoms with van der Waals surface area (Å²) in [6.45, 7) is 6.56. The molecule has 0 heterocycles. The summed E-state index contributed by atoms with van der Waals surface area (Å²) >= 11 is 0. The summed E-state index contributed by atoms with van der Waals surface area (Å²) in [5, 5.41) is 0. The lowest BCUT2D eigenvalue weighted by atomic mass is 10.0. The largest absolute Gasteiger partial charge is 0.462 e. The van der Waals surface area contributed by atoms with Gasteiger partial charge in [0, 0.05) is 19.3 Å². The lowest BCUT2D eigenvalue weighted by Gasteiger charge is -2.18. The molecule has 0 saturated carbocycles. The van der Waals surface area contributed by atoms with Crippen LogP contribution in [0.15, 0.2) is 36.5 Å². The van der Waals surface area contributed by atoms with Gasteiger partial charge in [0.25, 0.3) is 0 Å². The first kappa shape index (κ1) is 68.6. The first-order valence-corrected chi connectivity index (χ1v) is 31.5. The minimum Gasteiger partial charge on any atom is -0.462 e. The van der Waals surface area contributed by atoms with Crippen LogP contribution in [0, 0.1) is 0 Å². The molecule has 6 nitrogen and oxygen atoms in total. The molecule has 0 aliphatic rings. The fraction of sp³-hybridized carbons (Fsp3) is 0.862. The molecule has 0 fully saturated rings. The van der Waals surface area contributed by atoms with E-state index in [0.29, 0.717) is 19.3 Å². The van der Waals surface area contributed by atoms with Crippen LogP contribution >= 0.6 is 0 Å². The van der Waals surface area contributed by atoms with Gasteiger partial charge in [-0.2, -0.15) is 0 Å². The zero-order chi connectivity index (χ0) is 51.4. The Balaban J connectivity index is 4.16. The Hall–Kier alpha value is -2.37. The van der Waals surface area contributed by atoms with E-state index in [0.717, 1.165) is 83.5 Å². The van der Waals surface area contributed by atoms with Crippen LogP contribution in [0.5, 0.6) is 0 Å². The Labute approximate surface area is 442 Å². The standard InChI is InChI=1S/C65H120O6/c1-4-7-10-13-16-19-22-24-26-28-29-30-31-32-33-34-35-36-38-39-41-43-46-49-52-55-58-64(67)70-61-62(60-69-63(66)57-54-51-48-45-21-18-15-12-9-6-3)71-65(68)59-56-53-50-47-44-42-40-37-27-25-23-20-17-14-11-8-5-2/h8,11,17,20,25,27,62H,4-7,9-10,12-16,18-19,21-24,26,28-61H2,1-3H3/b11-8-,20-17-,27-25-. The van der Waals surface area contributed by atoms with Crippen LogP contribution < -0.4 is 0 Å². The maximum Gasteiger partial charge on any atom is 0.306 e. The molecule has 0 bridgehead atoms. The van der Waals surface area contributed by atoms with Gasteiger partial charge in [0.15, 0.2) is 6.10 Å². The number of carbonyl (C=O) groups excluding carboxylic acids is 3. The molecule has 0 spiro atoms. The second kappa shape index (κ2) is 60.2. The first-order valence-electron chi connectivity index (χ1n) is 31.5. The van der Waals surface area contributed by atoms with Crippen molar-refractivity contribution in [2.45, 2.75) is 348 Å². The molecule has 0 radical (unpaired) electrons. The molecule has 0 rings (SSSR count). The highest BCUT2D eigenvalue weighted by atomic mass is 16.6. The summed E-state index contributed by atoms with van der Waals surface area (Å²) < 4.78 is 16.9. The number of hydrogen-bond acceptors (Lipinski definition) is 6. The van der Waals surface area contributed by atoms with E-state index >= 15 is 0 Å². The Morgan fingerprint density at radius 2 is 0.549 bits per heavy atom. The van der Waals surface area contributed by atoms with Gasteiger partial charge in [0.2, 0.25) is 0 Å². The van der Waals surface area contributed by atoms with Crippen molar-refractivity contribution >= 4 is 17.9 Å². The number of esters is 3. The van der Waals surface area contributed by atoms with E-state index in [-0.39, 0.29) is 31.1 Å². The molecule has 416 valence electrons. The molecular formula is C65H120O6. The van der Waals surface area contributed by atoms with E-state index in [4.69, 9.17) is 14.2 Å². The maximum atomic E-state index is 12.9. The van der Waals surface area contributed by atoms with E-state index in [9.17, 15) is 14.4 Å². The van der Waals surface area contributed by atoms with E-state index in [1.807, 2.05) is 0 Å². The average molecular weight is 998 g/mol. The second-order valence-electron chi connectivity index (χ2n) is 21.3. The van der Waals surface area contributed by atoms with Crippen LogP contribution in [0.3, 0.4) is 0 Å². The first-order chi connectivity index (χ1) is 35.0. The lowest BCUT2D eigenvalue weighted by molar-refractivity contribution is -0.167. The van der Waals surface area contributed by atoms with E-state index in [2.05, 4.69) is 57.2 Å². The topological polar surface area (TPSA) is 78.9 Å². The molecule has 0 aliphatic heterocycles. The van der Waals surface area contributed by atoms with Crippen molar-refractivity contribution in [1.82, 2.24) is 0 Å². The number of ether oxygens (including phenoxy) is 3. The fourth-order valence-electron chi connectivity index (χ4n) is 9.46. The third kappa shape index (κ3) is 58.4. The van der Waals surface area contributed by atoms with E-state index < -0.39 is 6.10 Å². The van der Waals surface area contributed by atoms with Crippen molar-refractivity contribution in [3.8, 4) is 0 Å². The molecule has 0 aromatic rings. The van der Waals surface area contributed by atoms with Crippen molar-refractivity contribution < 1.29 is 28.6 Å². The Morgan fingerprint density at radius 3 is 0.859 bits per heavy atom. The van der Waals surface area contributed by atoms with Crippen molar-refractivity contribution in [2.75, 3.05) is 13.2 Å². The van der Waals surface area contributed by atoms with Gasteiger partial charge < -0.3 is 14.2 Å². The van der Waals surface area contributed by atoms with Crippen LogP contribution in [-0.4, -0.2) is 37.2 Å². The van der Waals surface area contributed by atoms with Crippen LogP contribution in [-0.2, 0) is 28.6 Å². The lowest BCUT2D eigenvalue weighted by Crippen LogP contribution is -2.30. The predicted molar refractivity (Wildman–Crippen MR) is 307 cm³/mol. The van der Waals surface area contributed by atoms with Crippen LogP contribution in [0.2, 0.25) is 0 Å². The minimum atomic E-state index is -0.773. The van der Waals surface area contributed by atoms with Gasteiger partial charge in [-0.15, -0.1) is 0 Å². The van der Waals surface area contributed by atoms with Gasteiger partial charge >= 0.3 is 17.9 Å². The second-order valence-corrected chi connectivity index (χ2v) is 21.3. The van der Waals surface area contributed by atoms with Crippen molar-refractivity contribution in [3.63, 3.8) is 0 Å². The molecule has 71 heavy (non-hydrogen) atoms. The molecule has 6 heteroatoms. The Bertz CT molecular complexity index is 1190. The molecule has 1 unspecified atom stereocenters. The Kier molecular flexibility index (Phi) is 58.2. The third-order valence-corrected chi connectivity index (χ3v) is 14.2. The average Bonchev–Trinajstić information content (AvgIpc) is 3.37. The molecule has 0 amide bonds. The summed E-state index contributed by atoms with van der Waals surface area (Å²) in [5.74, 6) is -0.862. The van der Waals surface area contributed by atoms with Gasteiger partial charge in [0.05, 0.1) is 0 Å². The van der Waals surface area contributed by atoms with Gasteiger partial charge in [-0.1, -0.05) is 308 Å².